The molecule has 2 aromatic heterocycles. The highest BCUT2D eigenvalue weighted by molar-refractivity contribution is 7.13. The first kappa shape index (κ1) is 19.2. The highest BCUT2D eigenvalue weighted by Crippen LogP contribution is 2.27. The van der Waals surface area contributed by atoms with E-state index >= 15 is 0 Å². The van der Waals surface area contributed by atoms with Crippen LogP contribution < -0.4 is 10.9 Å². The maximum atomic E-state index is 13.2. The van der Waals surface area contributed by atoms with Gasteiger partial charge < -0.3 is 5.32 Å². The highest BCUT2D eigenvalue weighted by Gasteiger charge is 2.16. The second-order valence-electron chi connectivity index (χ2n) is 6.43. The van der Waals surface area contributed by atoms with E-state index in [1.54, 1.807) is 0 Å². The molecule has 0 aliphatic rings. The number of benzene rings is 2. The van der Waals surface area contributed by atoms with Crippen molar-refractivity contribution in [2.45, 2.75) is 13.5 Å². The third-order valence-corrected chi connectivity index (χ3v) is 5.37. The number of rotatable bonds is 4. The summed E-state index contributed by atoms with van der Waals surface area (Å²) < 4.78 is 19.2. The first-order valence-electron chi connectivity index (χ1n) is 8.59. The van der Waals surface area contributed by atoms with Gasteiger partial charge in [-0.3, -0.25) is 14.2 Å². The molecule has 0 aliphatic carbocycles. The van der Waals surface area contributed by atoms with Gasteiger partial charge in [-0.05, 0) is 42.7 Å². The van der Waals surface area contributed by atoms with E-state index in [1.165, 1.54) is 23.0 Å². The molecule has 6 nitrogen and oxygen atoms in total. The number of anilines is 1. The summed E-state index contributed by atoms with van der Waals surface area (Å²) >= 11 is 6.77. The highest BCUT2D eigenvalue weighted by atomic mass is 35.5. The molecule has 4 aromatic rings. The molecule has 0 atom stereocenters. The van der Waals surface area contributed by atoms with Crippen LogP contribution in [0.25, 0.3) is 21.5 Å². The van der Waals surface area contributed by atoms with Crippen molar-refractivity contribution < 1.29 is 9.18 Å². The van der Waals surface area contributed by atoms with E-state index in [-0.39, 0.29) is 17.1 Å². The third kappa shape index (κ3) is 3.90. The summed E-state index contributed by atoms with van der Waals surface area (Å²) in [6, 6.07) is 11.6. The quantitative estimate of drug-likeness (QED) is 0.527. The SMILES string of the molecule is Cc1cccc(-c2nsc3c(=O)n(CC(=O)Nc4ccc(F)c(Cl)c4)cnc23)c1. The molecule has 2 aromatic carbocycles. The van der Waals surface area contributed by atoms with Crippen LogP contribution in [0.1, 0.15) is 5.56 Å². The van der Waals surface area contributed by atoms with Crippen molar-refractivity contribution in [3.8, 4) is 11.3 Å². The lowest BCUT2D eigenvalue weighted by molar-refractivity contribution is -0.116. The standard InChI is InChI=1S/C20H14ClFN4O2S/c1-11-3-2-4-12(7-11)17-18-19(29-25-17)20(28)26(10-23-18)9-16(27)24-13-5-6-15(22)14(21)8-13/h2-8,10H,9H2,1H3,(H,24,27). The van der Waals surface area contributed by atoms with Gasteiger partial charge in [-0.25, -0.2) is 9.37 Å². The number of halogens is 2. The molecule has 0 saturated heterocycles. The Morgan fingerprint density at radius 1 is 1.28 bits per heavy atom. The number of aromatic nitrogens is 3. The summed E-state index contributed by atoms with van der Waals surface area (Å²) in [6.07, 6.45) is 1.33. The van der Waals surface area contributed by atoms with Gasteiger partial charge in [-0.1, -0.05) is 35.4 Å². The Labute approximate surface area is 173 Å². The number of fused-ring (bicyclic) bond motifs is 1. The van der Waals surface area contributed by atoms with Crippen LogP contribution >= 0.6 is 23.1 Å². The fraction of sp³-hybridized carbons (Fsp3) is 0.100. The summed E-state index contributed by atoms with van der Waals surface area (Å²) in [6.45, 7) is 1.74. The third-order valence-electron chi connectivity index (χ3n) is 4.26. The number of hydrogen-bond donors (Lipinski definition) is 1. The molecule has 0 aliphatic heterocycles. The Balaban J connectivity index is 1.60. The Bertz CT molecular complexity index is 1300. The Morgan fingerprint density at radius 3 is 2.86 bits per heavy atom. The predicted molar refractivity (Wildman–Crippen MR) is 112 cm³/mol. The molecule has 0 fully saturated rings. The topological polar surface area (TPSA) is 76.9 Å². The van der Waals surface area contributed by atoms with Gasteiger partial charge in [0.25, 0.3) is 5.56 Å². The van der Waals surface area contributed by atoms with E-state index in [9.17, 15) is 14.0 Å². The van der Waals surface area contributed by atoms with Gasteiger partial charge in [0.1, 0.15) is 28.3 Å². The van der Waals surface area contributed by atoms with Crippen LogP contribution in [0.15, 0.2) is 53.6 Å². The van der Waals surface area contributed by atoms with Crippen molar-refractivity contribution in [3.05, 3.63) is 75.5 Å². The molecule has 1 N–H and O–H groups in total. The Morgan fingerprint density at radius 2 is 2.10 bits per heavy atom. The van der Waals surface area contributed by atoms with Crippen LogP contribution in [0, 0.1) is 12.7 Å². The van der Waals surface area contributed by atoms with E-state index in [4.69, 9.17) is 11.6 Å². The minimum atomic E-state index is -0.579. The molecule has 9 heteroatoms. The molecule has 0 spiro atoms. The molecule has 146 valence electrons. The molecule has 29 heavy (non-hydrogen) atoms. The van der Waals surface area contributed by atoms with Gasteiger partial charge in [-0.2, -0.15) is 4.37 Å². The average Bonchev–Trinajstić information content (AvgIpc) is 3.12. The zero-order valence-corrected chi connectivity index (χ0v) is 16.7. The van der Waals surface area contributed by atoms with Crippen molar-refractivity contribution in [1.82, 2.24) is 13.9 Å². The average molecular weight is 429 g/mol. The van der Waals surface area contributed by atoms with Gasteiger partial charge in [-0.15, -0.1) is 0 Å². The molecule has 0 bridgehead atoms. The largest absolute Gasteiger partial charge is 0.324 e. The second-order valence-corrected chi connectivity index (χ2v) is 7.61. The minimum absolute atomic E-state index is 0.101. The number of aryl methyl sites for hydroxylation is 1. The fourth-order valence-corrected chi connectivity index (χ4v) is 3.87. The smallest absolute Gasteiger partial charge is 0.273 e. The van der Waals surface area contributed by atoms with Crippen molar-refractivity contribution in [1.29, 1.82) is 0 Å². The first-order valence-corrected chi connectivity index (χ1v) is 9.74. The first-order chi connectivity index (χ1) is 13.9. The van der Waals surface area contributed by atoms with Crippen molar-refractivity contribution >= 4 is 44.9 Å². The van der Waals surface area contributed by atoms with E-state index < -0.39 is 11.7 Å². The number of hydrogen-bond acceptors (Lipinski definition) is 5. The summed E-state index contributed by atoms with van der Waals surface area (Å²) in [5.74, 6) is -1.04. The molecular weight excluding hydrogens is 415 g/mol. The zero-order valence-electron chi connectivity index (χ0n) is 15.1. The maximum absolute atomic E-state index is 13.2. The van der Waals surface area contributed by atoms with Crippen LogP contribution in [0.4, 0.5) is 10.1 Å². The summed E-state index contributed by atoms with van der Waals surface area (Å²) in [5, 5.41) is 2.48. The van der Waals surface area contributed by atoms with Crippen LogP contribution in [0.2, 0.25) is 5.02 Å². The van der Waals surface area contributed by atoms with Crippen LogP contribution in [-0.4, -0.2) is 19.8 Å². The summed E-state index contributed by atoms with van der Waals surface area (Å²) in [5.41, 5.74) is 3.10. The van der Waals surface area contributed by atoms with Gasteiger partial charge in [0, 0.05) is 11.3 Å². The predicted octanol–water partition coefficient (Wildman–Crippen LogP) is 4.26. The van der Waals surface area contributed by atoms with Gasteiger partial charge in [0.05, 0.1) is 11.3 Å². The van der Waals surface area contributed by atoms with Crippen LogP contribution in [-0.2, 0) is 11.3 Å². The number of amides is 1. The lowest BCUT2D eigenvalue weighted by atomic mass is 10.1. The van der Waals surface area contributed by atoms with Crippen LogP contribution in [0.5, 0.6) is 0 Å². The number of nitrogens with zero attached hydrogens (tertiary/aromatic N) is 3. The van der Waals surface area contributed by atoms with Crippen molar-refractivity contribution in [2.24, 2.45) is 0 Å². The fourth-order valence-electron chi connectivity index (χ4n) is 2.88. The molecule has 0 unspecified atom stereocenters. The zero-order chi connectivity index (χ0) is 20.5. The minimum Gasteiger partial charge on any atom is -0.324 e. The molecular formula is C20H14ClFN4O2S. The monoisotopic (exact) mass is 428 g/mol. The van der Waals surface area contributed by atoms with Gasteiger partial charge in [0.2, 0.25) is 5.91 Å². The lowest BCUT2D eigenvalue weighted by Gasteiger charge is -2.08. The van der Waals surface area contributed by atoms with E-state index in [1.807, 2.05) is 31.2 Å². The Kier molecular flexibility index (Phi) is 5.12. The molecule has 0 radical (unpaired) electrons. The number of nitrogens with one attached hydrogen (secondary N) is 1. The maximum Gasteiger partial charge on any atom is 0.273 e. The van der Waals surface area contributed by atoms with E-state index in [2.05, 4.69) is 14.7 Å². The van der Waals surface area contributed by atoms with Crippen molar-refractivity contribution in [2.75, 3.05) is 5.32 Å². The van der Waals surface area contributed by atoms with E-state index in [0.717, 1.165) is 28.7 Å². The molecule has 4 rings (SSSR count). The molecule has 0 saturated carbocycles. The molecule has 1 amide bonds. The van der Waals surface area contributed by atoms with Gasteiger partial charge >= 0.3 is 0 Å². The molecule has 2 heterocycles. The van der Waals surface area contributed by atoms with E-state index in [0.29, 0.717) is 21.6 Å². The summed E-state index contributed by atoms with van der Waals surface area (Å²) in [7, 11) is 0. The lowest BCUT2D eigenvalue weighted by Crippen LogP contribution is -2.27. The summed E-state index contributed by atoms with van der Waals surface area (Å²) in [4.78, 5) is 29.4. The van der Waals surface area contributed by atoms with Crippen molar-refractivity contribution in [3.63, 3.8) is 0 Å². The second kappa shape index (κ2) is 7.73. The van der Waals surface area contributed by atoms with Crippen LogP contribution in [0.3, 0.4) is 0 Å². The normalized spacial score (nSPS) is 11.0. The number of carbonyl (C=O) groups is 1. The Hall–Kier alpha value is -3.10. The number of carbonyl (C=O) groups excluding carboxylic acids is 1. The van der Waals surface area contributed by atoms with Gasteiger partial charge in [0.15, 0.2) is 0 Å².